The third-order valence-electron chi connectivity index (χ3n) is 3.81. The maximum Gasteiger partial charge on any atom is 0.0593 e. The summed E-state index contributed by atoms with van der Waals surface area (Å²) in [4.78, 5) is 2.57. The third-order valence-corrected chi connectivity index (χ3v) is 3.81. The van der Waals surface area contributed by atoms with Gasteiger partial charge in [0.25, 0.3) is 0 Å². The fourth-order valence-electron chi connectivity index (χ4n) is 2.54. The van der Waals surface area contributed by atoms with Gasteiger partial charge in [0.15, 0.2) is 0 Å². The predicted molar refractivity (Wildman–Crippen MR) is 58.4 cm³/mol. The SMILES string of the molecule is CC(C)N1CCOCC(C)(C2CC2)C1. The summed E-state index contributed by atoms with van der Waals surface area (Å²) < 4.78 is 5.75. The van der Waals surface area contributed by atoms with Crippen molar-refractivity contribution in [1.29, 1.82) is 0 Å². The van der Waals surface area contributed by atoms with Gasteiger partial charge in [0, 0.05) is 24.5 Å². The van der Waals surface area contributed by atoms with Crippen LogP contribution in [0.15, 0.2) is 0 Å². The van der Waals surface area contributed by atoms with Crippen molar-refractivity contribution < 1.29 is 4.74 Å². The van der Waals surface area contributed by atoms with Gasteiger partial charge in [-0.3, -0.25) is 4.90 Å². The molecule has 0 amide bonds. The summed E-state index contributed by atoms with van der Waals surface area (Å²) in [6.45, 7) is 11.2. The van der Waals surface area contributed by atoms with Crippen LogP contribution in [0, 0.1) is 11.3 Å². The molecular weight excluding hydrogens is 174 g/mol. The molecule has 2 aliphatic rings. The van der Waals surface area contributed by atoms with Crippen LogP contribution in [0.5, 0.6) is 0 Å². The molecule has 0 bridgehead atoms. The minimum Gasteiger partial charge on any atom is -0.379 e. The average Bonchev–Trinajstić information content (AvgIpc) is 2.88. The molecule has 0 aromatic rings. The van der Waals surface area contributed by atoms with E-state index in [9.17, 15) is 0 Å². The number of rotatable bonds is 2. The van der Waals surface area contributed by atoms with E-state index in [0.29, 0.717) is 11.5 Å². The summed E-state index contributed by atoms with van der Waals surface area (Å²) in [7, 11) is 0. The lowest BCUT2D eigenvalue weighted by molar-refractivity contribution is 0.0629. The van der Waals surface area contributed by atoms with Crippen LogP contribution in [0.2, 0.25) is 0 Å². The Balaban J connectivity index is 2.02. The van der Waals surface area contributed by atoms with Gasteiger partial charge in [-0.2, -0.15) is 0 Å². The fourth-order valence-corrected chi connectivity index (χ4v) is 2.54. The Kier molecular flexibility index (Phi) is 2.85. The lowest BCUT2D eigenvalue weighted by atomic mass is 9.85. The van der Waals surface area contributed by atoms with Crippen molar-refractivity contribution >= 4 is 0 Å². The van der Waals surface area contributed by atoms with Gasteiger partial charge < -0.3 is 4.74 Å². The highest BCUT2D eigenvalue weighted by Crippen LogP contribution is 2.46. The topological polar surface area (TPSA) is 12.5 Å². The van der Waals surface area contributed by atoms with E-state index in [-0.39, 0.29) is 0 Å². The number of hydrogen-bond donors (Lipinski definition) is 0. The molecule has 1 aliphatic heterocycles. The second-order valence-corrected chi connectivity index (χ2v) is 5.55. The standard InChI is InChI=1S/C12H23NO/c1-10(2)13-6-7-14-9-12(3,8-13)11-4-5-11/h10-11H,4-9H2,1-3H3. The van der Waals surface area contributed by atoms with Gasteiger partial charge in [0.1, 0.15) is 0 Å². The van der Waals surface area contributed by atoms with Crippen LogP contribution >= 0.6 is 0 Å². The molecule has 1 atom stereocenters. The van der Waals surface area contributed by atoms with Crippen molar-refractivity contribution in [3.05, 3.63) is 0 Å². The zero-order valence-electron chi connectivity index (χ0n) is 9.75. The normalized spacial score (nSPS) is 36.0. The zero-order valence-corrected chi connectivity index (χ0v) is 9.75. The minimum absolute atomic E-state index is 0.431. The lowest BCUT2D eigenvalue weighted by Crippen LogP contribution is -2.41. The summed E-state index contributed by atoms with van der Waals surface area (Å²) in [6, 6.07) is 0.662. The Morgan fingerprint density at radius 1 is 1.36 bits per heavy atom. The lowest BCUT2D eigenvalue weighted by Gasteiger charge is -2.34. The average molecular weight is 197 g/mol. The van der Waals surface area contributed by atoms with Gasteiger partial charge in [-0.25, -0.2) is 0 Å². The summed E-state index contributed by atoms with van der Waals surface area (Å²) in [5.41, 5.74) is 0.431. The molecule has 2 nitrogen and oxygen atoms in total. The van der Waals surface area contributed by atoms with Gasteiger partial charge in [0.05, 0.1) is 13.2 Å². The highest BCUT2D eigenvalue weighted by Gasteiger charge is 2.43. The summed E-state index contributed by atoms with van der Waals surface area (Å²) in [6.07, 6.45) is 2.84. The van der Waals surface area contributed by atoms with E-state index in [4.69, 9.17) is 4.74 Å². The molecule has 1 heterocycles. The molecule has 1 aliphatic carbocycles. The number of nitrogens with zero attached hydrogens (tertiary/aromatic N) is 1. The Morgan fingerprint density at radius 2 is 2.07 bits per heavy atom. The van der Waals surface area contributed by atoms with Crippen molar-refractivity contribution in [3.8, 4) is 0 Å². The molecule has 1 saturated carbocycles. The van der Waals surface area contributed by atoms with Crippen LogP contribution in [0.3, 0.4) is 0 Å². The molecule has 2 fully saturated rings. The first-order valence-corrected chi connectivity index (χ1v) is 5.93. The van der Waals surface area contributed by atoms with E-state index in [2.05, 4.69) is 25.7 Å². The molecule has 14 heavy (non-hydrogen) atoms. The first-order chi connectivity index (χ1) is 6.62. The van der Waals surface area contributed by atoms with Gasteiger partial charge in [-0.1, -0.05) is 6.92 Å². The van der Waals surface area contributed by atoms with Gasteiger partial charge >= 0.3 is 0 Å². The van der Waals surface area contributed by atoms with Crippen molar-refractivity contribution in [2.45, 2.75) is 39.7 Å². The first kappa shape index (κ1) is 10.4. The fraction of sp³-hybridized carbons (Fsp3) is 1.00. The van der Waals surface area contributed by atoms with Crippen LogP contribution in [-0.4, -0.2) is 37.2 Å². The number of hydrogen-bond acceptors (Lipinski definition) is 2. The van der Waals surface area contributed by atoms with E-state index in [0.717, 1.165) is 25.7 Å². The first-order valence-electron chi connectivity index (χ1n) is 5.93. The highest BCUT2D eigenvalue weighted by molar-refractivity contribution is 4.94. The molecule has 0 N–H and O–H groups in total. The Labute approximate surface area is 87.6 Å². The summed E-state index contributed by atoms with van der Waals surface area (Å²) in [5, 5.41) is 0. The minimum atomic E-state index is 0.431. The summed E-state index contributed by atoms with van der Waals surface area (Å²) in [5.74, 6) is 0.932. The van der Waals surface area contributed by atoms with Crippen LogP contribution in [0.1, 0.15) is 33.6 Å². The Bertz CT molecular complexity index is 200. The van der Waals surface area contributed by atoms with Crippen LogP contribution in [0.4, 0.5) is 0 Å². The van der Waals surface area contributed by atoms with E-state index in [1.807, 2.05) is 0 Å². The smallest absolute Gasteiger partial charge is 0.0593 e. The van der Waals surface area contributed by atoms with Gasteiger partial charge in [-0.05, 0) is 32.6 Å². The van der Waals surface area contributed by atoms with Crippen molar-refractivity contribution in [2.24, 2.45) is 11.3 Å². The second-order valence-electron chi connectivity index (χ2n) is 5.55. The number of ether oxygens (including phenoxy) is 1. The van der Waals surface area contributed by atoms with E-state index in [1.165, 1.54) is 19.4 Å². The maximum atomic E-state index is 5.75. The highest BCUT2D eigenvalue weighted by atomic mass is 16.5. The van der Waals surface area contributed by atoms with E-state index in [1.54, 1.807) is 0 Å². The van der Waals surface area contributed by atoms with Gasteiger partial charge in [0.2, 0.25) is 0 Å². The van der Waals surface area contributed by atoms with Crippen LogP contribution in [-0.2, 0) is 4.74 Å². The monoisotopic (exact) mass is 197 g/mol. The molecule has 2 heteroatoms. The molecule has 1 saturated heterocycles. The van der Waals surface area contributed by atoms with Crippen LogP contribution < -0.4 is 0 Å². The van der Waals surface area contributed by atoms with Crippen molar-refractivity contribution in [2.75, 3.05) is 26.3 Å². The molecule has 0 radical (unpaired) electrons. The predicted octanol–water partition coefficient (Wildman–Crippen LogP) is 2.14. The van der Waals surface area contributed by atoms with Crippen molar-refractivity contribution in [3.63, 3.8) is 0 Å². The van der Waals surface area contributed by atoms with Crippen molar-refractivity contribution in [1.82, 2.24) is 4.90 Å². The molecule has 1 unspecified atom stereocenters. The Hall–Kier alpha value is -0.0800. The second kappa shape index (κ2) is 3.82. The molecular formula is C12H23NO. The largest absolute Gasteiger partial charge is 0.379 e. The van der Waals surface area contributed by atoms with Crippen LogP contribution in [0.25, 0.3) is 0 Å². The maximum absolute atomic E-state index is 5.75. The molecule has 2 rings (SSSR count). The van der Waals surface area contributed by atoms with Gasteiger partial charge in [-0.15, -0.1) is 0 Å². The molecule has 0 spiro atoms. The van der Waals surface area contributed by atoms with E-state index < -0.39 is 0 Å². The third kappa shape index (κ3) is 2.12. The molecule has 82 valence electrons. The summed E-state index contributed by atoms with van der Waals surface area (Å²) >= 11 is 0. The molecule has 0 aromatic heterocycles. The van der Waals surface area contributed by atoms with E-state index >= 15 is 0 Å². The quantitative estimate of drug-likeness (QED) is 0.672. The Morgan fingerprint density at radius 3 is 2.64 bits per heavy atom. The zero-order chi connectivity index (χ0) is 10.2. The molecule has 0 aromatic carbocycles.